The maximum Gasteiger partial charge on any atom is 0.414 e. The summed E-state index contributed by atoms with van der Waals surface area (Å²) in [7, 11) is -3.50. The zero-order valence-electron chi connectivity index (χ0n) is 12.9. The van der Waals surface area contributed by atoms with E-state index < -0.39 is 21.8 Å². The van der Waals surface area contributed by atoms with Gasteiger partial charge in [0.1, 0.15) is 11.4 Å². The lowest BCUT2D eigenvalue weighted by Gasteiger charge is -2.19. The Kier molecular flexibility index (Phi) is 5.66. The molecule has 22 heavy (non-hydrogen) atoms. The van der Waals surface area contributed by atoms with Gasteiger partial charge in [0.25, 0.3) is 10.1 Å². The van der Waals surface area contributed by atoms with Gasteiger partial charge in [0.15, 0.2) is 0 Å². The maximum absolute atomic E-state index is 11.6. The minimum Gasteiger partial charge on any atom is -0.444 e. The van der Waals surface area contributed by atoms with E-state index in [1.807, 2.05) is 0 Å². The smallest absolute Gasteiger partial charge is 0.414 e. The molecule has 0 aliphatic rings. The fourth-order valence-corrected chi connectivity index (χ4v) is 1.76. The van der Waals surface area contributed by atoms with Crippen molar-refractivity contribution in [2.45, 2.75) is 32.8 Å². The Bertz CT molecular complexity index is 639. The summed E-state index contributed by atoms with van der Waals surface area (Å²) in [5.74, 6) is 0.123. The molecule has 0 aliphatic heterocycles. The summed E-state index contributed by atoms with van der Waals surface area (Å²) in [6.45, 7) is 5.12. The monoisotopic (exact) mass is 332 g/mol. The van der Waals surface area contributed by atoms with E-state index in [2.05, 4.69) is 19.5 Å². The number of carbonyl (C=O) groups excluding carboxylic acids is 1. The molecule has 0 saturated carbocycles. The average molecular weight is 332 g/mol. The number of aromatic nitrogens is 2. The molecule has 0 radical (unpaired) electrons. The van der Waals surface area contributed by atoms with Crippen molar-refractivity contribution >= 4 is 28.0 Å². The van der Waals surface area contributed by atoms with Crippen LogP contribution in [0.2, 0.25) is 0 Å². The van der Waals surface area contributed by atoms with Crippen LogP contribution in [0.1, 0.15) is 26.3 Å². The van der Waals surface area contributed by atoms with Gasteiger partial charge in [-0.3, -0.25) is 9.50 Å². The minimum absolute atomic E-state index is 0.000434. The van der Waals surface area contributed by atoms with Crippen molar-refractivity contribution in [3.63, 3.8) is 0 Å². The van der Waals surface area contributed by atoms with Crippen molar-refractivity contribution in [1.29, 1.82) is 0 Å². The number of anilines is 2. The molecular weight excluding hydrogens is 312 g/mol. The van der Waals surface area contributed by atoms with Crippen molar-refractivity contribution in [3.8, 4) is 0 Å². The van der Waals surface area contributed by atoms with Crippen molar-refractivity contribution in [3.05, 3.63) is 11.8 Å². The minimum atomic E-state index is -3.50. The third kappa shape index (κ3) is 7.18. The van der Waals surface area contributed by atoms with Crippen LogP contribution in [-0.4, -0.2) is 42.9 Å². The van der Waals surface area contributed by atoms with E-state index in [1.165, 1.54) is 6.20 Å². The van der Waals surface area contributed by atoms with E-state index in [4.69, 9.17) is 10.5 Å². The van der Waals surface area contributed by atoms with Crippen molar-refractivity contribution in [2.75, 3.05) is 23.9 Å². The van der Waals surface area contributed by atoms with E-state index in [-0.39, 0.29) is 24.8 Å². The molecule has 1 amide bonds. The Morgan fingerprint density at radius 1 is 1.41 bits per heavy atom. The van der Waals surface area contributed by atoms with E-state index in [1.54, 1.807) is 20.8 Å². The van der Waals surface area contributed by atoms with Gasteiger partial charge in [-0.25, -0.2) is 9.78 Å². The summed E-state index contributed by atoms with van der Waals surface area (Å²) in [6, 6.07) is 0. The first-order chi connectivity index (χ1) is 9.96. The highest BCUT2D eigenvalue weighted by Gasteiger charge is 2.17. The number of amides is 1. The second-order valence-corrected chi connectivity index (χ2v) is 7.15. The molecule has 0 spiro atoms. The molecule has 1 heterocycles. The Balaban J connectivity index is 2.64. The van der Waals surface area contributed by atoms with Gasteiger partial charge < -0.3 is 10.5 Å². The summed E-state index contributed by atoms with van der Waals surface area (Å²) in [6.07, 6.45) is 1.88. The van der Waals surface area contributed by atoms with Gasteiger partial charge >= 0.3 is 6.09 Å². The second kappa shape index (κ2) is 6.88. The zero-order valence-corrected chi connectivity index (χ0v) is 13.7. The van der Waals surface area contributed by atoms with Crippen LogP contribution in [0.3, 0.4) is 0 Å². The highest BCUT2D eigenvalue weighted by atomic mass is 32.2. The number of rotatable bonds is 5. The first-order valence-electron chi connectivity index (χ1n) is 6.42. The molecule has 1 aromatic heterocycles. The van der Waals surface area contributed by atoms with Gasteiger partial charge in [-0.05, 0) is 20.8 Å². The lowest BCUT2D eigenvalue weighted by molar-refractivity contribution is 0.0634. The van der Waals surface area contributed by atoms with Crippen LogP contribution in [0.25, 0.3) is 0 Å². The van der Waals surface area contributed by atoms with Crippen LogP contribution < -0.4 is 11.1 Å². The molecular formula is C12H20N4O5S. The SMILES string of the molecule is CC(C)(C)OC(=O)Nc1ncc(CCOS(C)(=O)=O)c(N)n1. The lowest BCUT2D eigenvalue weighted by atomic mass is 10.2. The van der Waals surface area contributed by atoms with Gasteiger partial charge in [0.05, 0.1) is 12.9 Å². The number of hydrogen-bond donors (Lipinski definition) is 2. The summed E-state index contributed by atoms with van der Waals surface area (Å²) >= 11 is 0. The van der Waals surface area contributed by atoms with Gasteiger partial charge in [0, 0.05) is 18.2 Å². The van der Waals surface area contributed by atoms with E-state index >= 15 is 0 Å². The number of nitrogens with two attached hydrogens (primary N) is 1. The lowest BCUT2D eigenvalue weighted by Crippen LogP contribution is -2.28. The van der Waals surface area contributed by atoms with Crippen LogP contribution in [0.4, 0.5) is 16.6 Å². The maximum atomic E-state index is 11.6. The quantitative estimate of drug-likeness (QED) is 0.760. The Morgan fingerprint density at radius 3 is 2.55 bits per heavy atom. The second-order valence-electron chi connectivity index (χ2n) is 5.51. The van der Waals surface area contributed by atoms with Gasteiger partial charge in [-0.15, -0.1) is 0 Å². The molecule has 1 aromatic rings. The fourth-order valence-electron chi connectivity index (χ4n) is 1.37. The average Bonchev–Trinajstić information content (AvgIpc) is 2.27. The van der Waals surface area contributed by atoms with Gasteiger partial charge in [-0.2, -0.15) is 13.4 Å². The van der Waals surface area contributed by atoms with Crippen LogP contribution in [0.5, 0.6) is 0 Å². The predicted octanol–water partition coefficient (Wildman–Crippen LogP) is 0.925. The van der Waals surface area contributed by atoms with Crippen LogP contribution >= 0.6 is 0 Å². The summed E-state index contributed by atoms with van der Waals surface area (Å²) in [5, 5.41) is 2.36. The number of hydrogen-bond acceptors (Lipinski definition) is 8. The molecule has 0 atom stereocenters. The molecule has 1 rings (SSSR count). The largest absolute Gasteiger partial charge is 0.444 e. The predicted molar refractivity (Wildman–Crippen MR) is 80.8 cm³/mol. The summed E-state index contributed by atoms with van der Waals surface area (Å²) in [4.78, 5) is 19.4. The Hall–Kier alpha value is -1.94. The van der Waals surface area contributed by atoms with E-state index in [0.717, 1.165) is 6.26 Å². The standard InChI is InChI=1S/C12H20N4O5S/c1-12(2,3)21-11(17)16-10-14-7-8(9(13)15-10)5-6-20-22(4,18)19/h7H,5-6H2,1-4H3,(H3,13,14,15,16,17). The van der Waals surface area contributed by atoms with Crippen molar-refractivity contribution in [1.82, 2.24) is 9.97 Å². The summed E-state index contributed by atoms with van der Waals surface area (Å²) in [5.41, 5.74) is 5.60. The van der Waals surface area contributed by atoms with Crippen LogP contribution in [0, 0.1) is 0 Å². The van der Waals surface area contributed by atoms with Crippen LogP contribution in [0.15, 0.2) is 6.20 Å². The zero-order chi connectivity index (χ0) is 17.0. The molecule has 0 bridgehead atoms. The molecule has 3 N–H and O–H groups in total. The Morgan fingerprint density at radius 2 is 2.05 bits per heavy atom. The molecule has 9 nitrogen and oxygen atoms in total. The molecule has 0 fully saturated rings. The highest BCUT2D eigenvalue weighted by Crippen LogP contribution is 2.13. The number of ether oxygens (including phenoxy) is 1. The van der Waals surface area contributed by atoms with E-state index in [0.29, 0.717) is 5.56 Å². The van der Waals surface area contributed by atoms with Gasteiger partial charge in [0.2, 0.25) is 5.95 Å². The first kappa shape index (κ1) is 18.1. The fraction of sp³-hybridized carbons (Fsp3) is 0.583. The third-order valence-electron chi connectivity index (χ3n) is 2.18. The molecule has 10 heteroatoms. The highest BCUT2D eigenvalue weighted by molar-refractivity contribution is 7.85. The third-order valence-corrected chi connectivity index (χ3v) is 2.77. The summed E-state index contributed by atoms with van der Waals surface area (Å²) < 4.78 is 31.4. The number of carbonyl (C=O) groups is 1. The number of nitrogens with zero attached hydrogens (tertiary/aromatic N) is 2. The normalized spacial score (nSPS) is 12.0. The van der Waals surface area contributed by atoms with Gasteiger partial charge in [-0.1, -0.05) is 0 Å². The van der Waals surface area contributed by atoms with Crippen molar-refractivity contribution < 1.29 is 22.1 Å². The molecule has 0 saturated heterocycles. The Labute approximate surface area is 129 Å². The van der Waals surface area contributed by atoms with Crippen LogP contribution in [-0.2, 0) is 25.5 Å². The number of nitrogens with one attached hydrogen (secondary N) is 1. The molecule has 124 valence electrons. The first-order valence-corrected chi connectivity index (χ1v) is 8.24. The topological polar surface area (TPSA) is 134 Å². The molecule has 0 aliphatic carbocycles. The molecule has 0 aromatic carbocycles. The van der Waals surface area contributed by atoms with Crippen molar-refractivity contribution in [2.24, 2.45) is 0 Å². The molecule has 0 unspecified atom stereocenters. The number of nitrogen functional groups attached to an aromatic ring is 1. The van der Waals surface area contributed by atoms with E-state index in [9.17, 15) is 13.2 Å².